The molecule has 0 bridgehead atoms. The van der Waals surface area contributed by atoms with Crippen molar-refractivity contribution in [2.75, 3.05) is 31.1 Å². The van der Waals surface area contributed by atoms with Crippen LogP contribution in [0.5, 0.6) is 5.75 Å². The second kappa shape index (κ2) is 7.13. The molecule has 1 aliphatic rings. The summed E-state index contributed by atoms with van der Waals surface area (Å²) in [5.41, 5.74) is 2.42. The van der Waals surface area contributed by atoms with E-state index in [0.29, 0.717) is 25.4 Å². The molecule has 3 rings (SSSR count). The summed E-state index contributed by atoms with van der Waals surface area (Å²) < 4.78 is 18.4. The first-order valence-electron chi connectivity index (χ1n) is 7.70. The highest BCUT2D eigenvalue weighted by atomic mass is 19.1. The van der Waals surface area contributed by atoms with Gasteiger partial charge in [-0.1, -0.05) is 24.3 Å². The number of amides is 1. The fourth-order valence-corrected chi connectivity index (χ4v) is 2.72. The molecule has 2 aromatic carbocycles. The molecule has 0 saturated carbocycles. The van der Waals surface area contributed by atoms with E-state index in [1.807, 2.05) is 18.2 Å². The lowest BCUT2D eigenvalue weighted by Gasteiger charge is -2.18. The van der Waals surface area contributed by atoms with Gasteiger partial charge in [0.15, 0.2) is 0 Å². The maximum atomic E-state index is 13.0. The minimum atomic E-state index is -0.334. The summed E-state index contributed by atoms with van der Waals surface area (Å²) in [7, 11) is 0. The predicted molar refractivity (Wildman–Crippen MR) is 87.3 cm³/mol. The SMILES string of the molecule is O=C(CN1CCc2ccccc21)NCCOc1cccc(F)c1. The molecule has 0 atom stereocenters. The van der Waals surface area contributed by atoms with Crippen molar-refractivity contribution in [2.45, 2.75) is 6.42 Å². The number of nitrogens with zero attached hydrogens (tertiary/aromatic N) is 1. The lowest BCUT2D eigenvalue weighted by molar-refractivity contribution is -0.119. The van der Waals surface area contributed by atoms with Crippen LogP contribution < -0.4 is 15.0 Å². The number of para-hydroxylation sites is 1. The van der Waals surface area contributed by atoms with Gasteiger partial charge in [-0.2, -0.15) is 0 Å². The summed E-state index contributed by atoms with van der Waals surface area (Å²) in [6.45, 7) is 1.92. The smallest absolute Gasteiger partial charge is 0.239 e. The van der Waals surface area contributed by atoms with E-state index in [1.54, 1.807) is 12.1 Å². The lowest BCUT2D eigenvalue weighted by atomic mass is 10.2. The second-order valence-corrected chi connectivity index (χ2v) is 5.46. The molecule has 0 saturated heterocycles. The number of ether oxygens (including phenoxy) is 1. The molecule has 0 aliphatic carbocycles. The van der Waals surface area contributed by atoms with Crippen LogP contribution in [0.1, 0.15) is 5.56 Å². The molecule has 120 valence electrons. The third-order valence-electron chi connectivity index (χ3n) is 3.81. The third-order valence-corrected chi connectivity index (χ3v) is 3.81. The minimum Gasteiger partial charge on any atom is -0.492 e. The van der Waals surface area contributed by atoms with E-state index in [0.717, 1.165) is 18.7 Å². The summed E-state index contributed by atoms with van der Waals surface area (Å²) in [6, 6.07) is 14.1. The number of hydrogen-bond acceptors (Lipinski definition) is 3. The largest absolute Gasteiger partial charge is 0.492 e. The Bertz CT molecular complexity index is 690. The average molecular weight is 314 g/mol. The number of rotatable bonds is 6. The fraction of sp³-hybridized carbons (Fsp3) is 0.278. The molecule has 0 unspecified atom stereocenters. The van der Waals surface area contributed by atoms with Crippen LogP contribution in [-0.4, -0.2) is 32.1 Å². The van der Waals surface area contributed by atoms with E-state index < -0.39 is 0 Å². The first kappa shape index (κ1) is 15.3. The van der Waals surface area contributed by atoms with Gasteiger partial charge < -0.3 is 15.0 Å². The lowest BCUT2D eigenvalue weighted by Crippen LogP contribution is -2.38. The molecule has 1 heterocycles. The van der Waals surface area contributed by atoms with Gasteiger partial charge in [-0.05, 0) is 30.2 Å². The quantitative estimate of drug-likeness (QED) is 0.833. The summed E-state index contributed by atoms with van der Waals surface area (Å²) >= 11 is 0. The number of benzene rings is 2. The molecule has 4 nitrogen and oxygen atoms in total. The number of halogens is 1. The molecule has 23 heavy (non-hydrogen) atoms. The van der Waals surface area contributed by atoms with E-state index >= 15 is 0 Å². The van der Waals surface area contributed by atoms with Gasteiger partial charge in [0, 0.05) is 18.3 Å². The van der Waals surface area contributed by atoms with Crippen molar-refractivity contribution in [3.05, 3.63) is 59.9 Å². The second-order valence-electron chi connectivity index (χ2n) is 5.46. The van der Waals surface area contributed by atoms with Crippen molar-refractivity contribution in [1.82, 2.24) is 5.32 Å². The molecule has 1 amide bonds. The van der Waals surface area contributed by atoms with Crippen LogP contribution in [0.3, 0.4) is 0 Å². The topological polar surface area (TPSA) is 41.6 Å². The van der Waals surface area contributed by atoms with Crippen molar-refractivity contribution < 1.29 is 13.9 Å². The number of fused-ring (bicyclic) bond motifs is 1. The molecular weight excluding hydrogens is 295 g/mol. The van der Waals surface area contributed by atoms with Crippen LogP contribution in [0.2, 0.25) is 0 Å². The Morgan fingerprint density at radius 2 is 2.09 bits per heavy atom. The number of anilines is 1. The molecule has 0 aromatic heterocycles. The summed E-state index contributed by atoms with van der Waals surface area (Å²) in [5, 5.41) is 2.83. The summed E-state index contributed by atoms with van der Waals surface area (Å²) in [5.74, 6) is 0.0940. The molecule has 0 fully saturated rings. The fourth-order valence-electron chi connectivity index (χ4n) is 2.72. The van der Waals surface area contributed by atoms with Crippen LogP contribution in [0.15, 0.2) is 48.5 Å². The number of carbonyl (C=O) groups excluding carboxylic acids is 1. The Kier molecular flexibility index (Phi) is 4.76. The Morgan fingerprint density at radius 1 is 1.22 bits per heavy atom. The molecule has 0 spiro atoms. The Balaban J connectivity index is 1.41. The highest BCUT2D eigenvalue weighted by Gasteiger charge is 2.20. The minimum absolute atomic E-state index is 0.0375. The highest BCUT2D eigenvalue weighted by Crippen LogP contribution is 2.26. The first-order valence-corrected chi connectivity index (χ1v) is 7.70. The van der Waals surface area contributed by atoms with Gasteiger partial charge in [0.05, 0.1) is 13.1 Å². The molecule has 2 aromatic rings. The standard InChI is InChI=1S/C18H19FN2O2/c19-15-5-3-6-16(12-15)23-11-9-20-18(22)13-21-10-8-14-4-1-2-7-17(14)21/h1-7,12H,8-11,13H2,(H,20,22). The number of nitrogens with one attached hydrogen (secondary N) is 1. The van der Waals surface area contributed by atoms with Gasteiger partial charge in [0.25, 0.3) is 0 Å². The van der Waals surface area contributed by atoms with E-state index in [2.05, 4.69) is 16.3 Å². The summed E-state index contributed by atoms with van der Waals surface area (Å²) in [4.78, 5) is 14.1. The van der Waals surface area contributed by atoms with Gasteiger partial charge in [-0.15, -0.1) is 0 Å². The third kappa shape index (κ3) is 4.00. The normalized spacial score (nSPS) is 12.8. The maximum Gasteiger partial charge on any atom is 0.239 e. The first-order chi connectivity index (χ1) is 11.2. The zero-order chi connectivity index (χ0) is 16.1. The van der Waals surface area contributed by atoms with Crippen molar-refractivity contribution in [3.8, 4) is 5.75 Å². The van der Waals surface area contributed by atoms with Crippen molar-refractivity contribution >= 4 is 11.6 Å². The van der Waals surface area contributed by atoms with E-state index in [-0.39, 0.29) is 11.7 Å². The van der Waals surface area contributed by atoms with Crippen molar-refractivity contribution in [2.24, 2.45) is 0 Å². The molecule has 0 radical (unpaired) electrons. The average Bonchev–Trinajstić information content (AvgIpc) is 2.95. The van der Waals surface area contributed by atoms with Crippen LogP contribution >= 0.6 is 0 Å². The zero-order valence-corrected chi connectivity index (χ0v) is 12.8. The van der Waals surface area contributed by atoms with Crippen LogP contribution in [-0.2, 0) is 11.2 Å². The maximum absolute atomic E-state index is 13.0. The van der Waals surface area contributed by atoms with Crippen molar-refractivity contribution in [1.29, 1.82) is 0 Å². The monoisotopic (exact) mass is 314 g/mol. The van der Waals surface area contributed by atoms with E-state index in [9.17, 15) is 9.18 Å². The van der Waals surface area contributed by atoms with E-state index in [4.69, 9.17) is 4.74 Å². The van der Waals surface area contributed by atoms with Gasteiger partial charge in [-0.25, -0.2) is 4.39 Å². The van der Waals surface area contributed by atoms with Gasteiger partial charge in [-0.3, -0.25) is 4.79 Å². The number of carbonyl (C=O) groups is 1. The highest BCUT2D eigenvalue weighted by molar-refractivity contribution is 5.82. The van der Waals surface area contributed by atoms with E-state index in [1.165, 1.54) is 17.7 Å². The summed E-state index contributed by atoms with van der Waals surface area (Å²) in [6.07, 6.45) is 0.978. The Labute approximate surface area is 134 Å². The predicted octanol–water partition coefficient (Wildman–Crippen LogP) is 2.38. The van der Waals surface area contributed by atoms with Gasteiger partial charge in [0.2, 0.25) is 5.91 Å². The molecular formula is C18H19FN2O2. The van der Waals surface area contributed by atoms with Crippen molar-refractivity contribution in [3.63, 3.8) is 0 Å². The molecule has 1 aliphatic heterocycles. The van der Waals surface area contributed by atoms with Gasteiger partial charge >= 0.3 is 0 Å². The Morgan fingerprint density at radius 3 is 2.96 bits per heavy atom. The van der Waals surface area contributed by atoms with Crippen LogP contribution in [0.25, 0.3) is 0 Å². The van der Waals surface area contributed by atoms with Gasteiger partial charge in [0.1, 0.15) is 18.2 Å². The molecule has 1 N–H and O–H groups in total. The van der Waals surface area contributed by atoms with Crippen LogP contribution in [0, 0.1) is 5.82 Å². The van der Waals surface area contributed by atoms with Crippen LogP contribution in [0.4, 0.5) is 10.1 Å². The Hall–Kier alpha value is -2.56. The zero-order valence-electron chi connectivity index (χ0n) is 12.8. The number of hydrogen-bond donors (Lipinski definition) is 1. The molecule has 5 heteroatoms.